The molecule has 4 nitrogen and oxygen atoms in total. The highest BCUT2D eigenvalue weighted by atomic mass is 32.2. The van der Waals surface area contributed by atoms with Crippen molar-refractivity contribution in [1.29, 1.82) is 0 Å². The molecule has 3 rings (SSSR count). The first-order valence-electron chi connectivity index (χ1n) is 8.89. The van der Waals surface area contributed by atoms with E-state index in [1.54, 1.807) is 26.0 Å². The van der Waals surface area contributed by atoms with Crippen molar-refractivity contribution in [2.24, 2.45) is 0 Å². The van der Waals surface area contributed by atoms with Crippen LogP contribution in [0.5, 0.6) is 5.75 Å². The van der Waals surface area contributed by atoms with Crippen LogP contribution >= 0.6 is 0 Å². The normalized spacial score (nSPS) is 20.5. The van der Waals surface area contributed by atoms with Crippen molar-refractivity contribution in [3.8, 4) is 16.9 Å². The molecule has 0 unspecified atom stereocenters. The first kappa shape index (κ1) is 18.9. The Labute approximate surface area is 154 Å². The monoisotopic (exact) mass is 377 g/mol. The SMILES string of the molecule is CC(C)S(=O)(=O)N[C@H]1CCC[C@H]1Oc1ccc(-c2ccccc2)c(F)c1. The fourth-order valence-electron chi connectivity index (χ4n) is 3.14. The predicted octanol–water partition coefficient (Wildman–Crippen LogP) is 4.12. The van der Waals surface area contributed by atoms with Gasteiger partial charge < -0.3 is 4.74 Å². The minimum absolute atomic E-state index is 0.278. The molecular formula is C20H24FNO3S. The zero-order valence-electron chi connectivity index (χ0n) is 15.0. The topological polar surface area (TPSA) is 55.4 Å². The summed E-state index contributed by atoms with van der Waals surface area (Å²) in [6, 6.07) is 13.8. The number of halogens is 1. The summed E-state index contributed by atoms with van der Waals surface area (Å²) in [4.78, 5) is 0. The first-order valence-corrected chi connectivity index (χ1v) is 10.4. The third kappa shape index (κ3) is 4.24. The summed E-state index contributed by atoms with van der Waals surface area (Å²) in [5.74, 6) is 0.0637. The summed E-state index contributed by atoms with van der Waals surface area (Å²) in [6.45, 7) is 3.29. The number of sulfonamides is 1. The first-order chi connectivity index (χ1) is 12.4. The van der Waals surface area contributed by atoms with Gasteiger partial charge in [0.25, 0.3) is 0 Å². The molecule has 0 heterocycles. The van der Waals surface area contributed by atoms with Crippen LogP contribution in [0.1, 0.15) is 33.1 Å². The van der Waals surface area contributed by atoms with Crippen molar-refractivity contribution in [2.75, 3.05) is 0 Å². The van der Waals surface area contributed by atoms with Gasteiger partial charge in [-0.3, -0.25) is 0 Å². The van der Waals surface area contributed by atoms with Crippen LogP contribution in [-0.4, -0.2) is 25.8 Å². The van der Waals surface area contributed by atoms with Gasteiger partial charge >= 0.3 is 0 Å². The molecule has 2 atom stereocenters. The van der Waals surface area contributed by atoms with E-state index in [-0.39, 0.29) is 18.0 Å². The quantitative estimate of drug-likeness (QED) is 0.824. The molecule has 0 spiro atoms. The van der Waals surface area contributed by atoms with E-state index in [2.05, 4.69) is 4.72 Å². The molecule has 1 aliphatic rings. The highest BCUT2D eigenvalue weighted by Gasteiger charge is 2.33. The Morgan fingerprint density at radius 1 is 1.12 bits per heavy atom. The van der Waals surface area contributed by atoms with Gasteiger partial charge in [-0.05, 0) is 50.8 Å². The van der Waals surface area contributed by atoms with Crippen molar-refractivity contribution in [3.63, 3.8) is 0 Å². The molecule has 0 aliphatic heterocycles. The molecule has 26 heavy (non-hydrogen) atoms. The number of benzene rings is 2. The van der Waals surface area contributed by atoms with Crippen LogP contribution in [0.15, 0.2) is 48.5 Å². The molecule has 2 aromatic rings. The molecule has 1 saturated carbocycles. The van der Waals surface area contributed by atoms with Crippen molar-refractivity contribution >= 4 is 10.0 Å². The summed E-state index contributed by atoms with van der Waals surface area (Å²) in [5, 5.41) is -0.494. The molecule has 1 N–H and O–H groups in total. The number of ether oxygens (including phenoxy) is 1. The van der Waals surface area contributed by atoms with Crippen LogP contribution in [0.3, 0.4) is 0 Å². The van der Waals surface area contributed by atoms with Crippen molar-refractivity contribution in [2.45, 2.75) is 50.5 Å². The number of rotatable bonds is 6. The van der Waals surface area contributed by atoms with E-state index in [0.29, 0.717) is 11.3 Å². The van der Waals surface area contributed by atoms with Crippen LogP contribution in [0, 0.1) is 5.82 Å². The largest absolute Gasteiger partial charge is 0.489 e. The second-order valence-electron chi connectivity index (χ2n) is 6.91. The second-order valence-corrected chi connectivity index (χ2v) is 9.18. The van der Waals surface area contributed by atoms with Crippen LogP contribution in [-0.2, 0) is 10.0 Å². The lowest BCUT2D eigenvalue weighted by molar-refractivity contribution is 0.184. The maximum Gasteiger partial charge on any atom is 0.214 e. The van der Waals surface area contributed by atoms with Crippen molar-refractivity contribution in [3.05, 3.63) is 54.3 Å². The van der Waals surface area contributed by atoms with E-state index >= 15 is 0 Å². The Kier molecular flexibility index (Phi) is 5.63. The van der Waals surface area contributed by atoms with Gasteiger partial charge in [-0.2, -0.15) is 0 Å². The summed E-state index contributed by atoms with van der Waals surface area (Å²) in [5.41, 5.74) is 1.32. The third-order valence-corrected chi connectivity index (χ3v) is 6.57. The van der Waals surface area contributed by atoms with Gasteiger partial charge in [-0.1, -0.05) is 30.3 Å². The fraction of sp³-hybridized carbons (Fsp3) is 0.400. The maximum absolute atomic E-state index is 14.5. The van der Waals surface area contributed by atoms with Gasteiger partial charge in [0, 0.05) is 11.6 Å². The standard InChI is InChI=1S/C20H24FNO3S/c1-14(2)26(23,24)22-19-9-6-10-20(19)25-16-11-12-17(18(21)13-16)15-7-4-3-5-8-15/h3-5,7-8,11-14,19-20,22H,6,9-10H2,1-2H3/t19-,20+/m0/s1. The van der Waals surface area contributed by atoms with Gasteiger partial charge in [0.2, 0.25) is 10.0 Å². The van der Waals surface area contributed by atoms with E-state index in [1.807, 2.05) is 30.3 Å². The Balaban J connectivity index is 1.73. The van der Waals surface area contributed by atoms with Crippen molar-refractivity contribution < 1.29 is 17.5 Å². The second kappa shape index (κ2) is 7.76. The molecule has 0 amide bonds. The number of hydrogen-bond donors (Lipinski definition) is 1. The average molecular weight is 377 g/mol. The van der Waals surface area contributed by atoms with Crippen LogP contribution in [0.25, 0.3) is 11.1 Å². The molecule has 6 heteroatoms. The van der Waals surface area contributed by atoms with Crippen molar-refractivity contribution in [1.82, 2.24) is 4.72 Å². The third-order valence-electron chi connectivity index (χ3n) is 4.70. The van der Waals surface area contributed by atoms with Gasteiger partial charge in [-0.15, -0.1) is 0 Å². The Morgan fingerprint density at radius 2 is 1.85 bits per heavy atom. The lowest BCUT2D eigenvalue weighted by Crippen LogP contribution is -2.44. The van der Waals surface area contributed by atoms with E-state index in [0.717, 1.165) is 24.8 Å². The maximum atomic E-state index is 14.5. The molecule has 1 aliphatic carbocycles. The molecule has 2 aromatic carbocycles. The summed E-state index contributed by atoms with van der Waals surface area (Å²) >= 11 is 0. The molecule has 140 valence electrons. The summed E-state index contributed by atoms with van der Waals surface area (Å²) in [6.07, 6.45) is 2.06. The molecular weight excluding hydrogens is 353 g/mol. The van der Waals surface area contributed by atoms with Gasteiger partial charge in [0.15, 0.2) is 0 Å². The van der Waals surface area contributed by atoms with Gasteiger partial charge in [-0.25, -0.2) is 17.5 Å². The van der Waals surface area contributed by atoms with E-state index in [1.165, 1.54) is 6.07 Å². The number of nitrogens with one attached hydrogen (secondary N) is 1. The Morgan fingerprint density at radius 3 is 2.50 bits per heavy atom. The van der Waals surface area contributed by atoms with E-state index < -0.39 is 15.3 Å². The van der Waals surface area contributed by atoms with E-state index in [9.17, 15) is 12.8 Å². The Bertz CT molecular complexity index is 853. The number of hydrogen-bond acceptors (Lipinski definition) is 3. The lowest BCUT2D eigenvalue weighted by Gasteiger charge is -2.23. The highest BCUT2D eigenvalue weighted by molar-refractivity contribution is 7.90. The summed E-state index contributed by atoms with van der Waals surface area (Å²) in [7, 11) is -3.36. The molecule has 0 bridgehead atoms. The fourth-order valence-corrected chi connectivity index (χ4v) is 4.11. The van der Waals surface area contributed by atoms with Crippen LogP contribution in [0.2, 0.25) is 0 Å². The zero-order chi connectivity index (χ0) is 18.7. The smallest absolute Gasteiger partial charge is 0.214 e. The summed E-state index contributed by atoms with van der Waals surface area (Å²) < 4.78 is 47.4. The predicted molar refractivity (Wildman–Crippen MR) is 101 cm³/mol. The lowest BCUT2D eigenvalue weighted by atomic mass is 10.1. The molecule has 1 fully saturated rings. The van der Waals surface area contributed by atoms with Gasteiger partial charge in [0.1, 0.15) is 17.7 Å². The molecule has 0 aromatic heterocycles. The Hall–Kier alpha value is -1.92. The zero-order valence-corrected chi connectivity index (χ0v) is 15.8. The van der Waals surface area contributed by atoms with Gasteiger partial charge in [0.05, 0.1) is 11.3 Å². The average Bonchev–Trinajstić information content (AvgIpc) is 3.02. The van der Waals surface area contributed by atoms with E-state index in [4.69, 9.17) is 4.74 Å². The highest BCUT2D eigenvalue weighted by Crippen LogP contribution is 2.29. The van der Waals surface area contributed by atoms with Crippen LogP contribution in [0.4, 0.5) is 4.39 Å². The van der Waals surface area contributed by atoms with Crippen LogP contribution < -0.4 is 9.46 Å². The molecule has 0 radical (unpaired) electrons. The minimum atomic E-state index is -3.36. The minimum Gasteiger partial charge on any atom is -0.489 e. The molecule has 0 saturated heterocycles.